The molecule has 0 amide bonds. The minimum atomic E-state index is -0.0526. The molecule has 11 heteroatoms. The highest BCUT2D eigenvalue weighted by Crippen LogP contribution is 2.41. The van der Waals surface area contributed by atoms with E-state index in [-0.39, 0.29) is 55.9 Å². The Balaban J connectivity index is 1.13. The van der Waals surface area contributed by atoms with E-state index in [0.29, 0.717) is 11.3 Å². The monoisotopic (exact) mass is 748 g/mol. The van der Waals surface area contributed by atoms with Crippen LogP contribution >= 0.6 is 0 Å². The van der Waals surface area contributed by atoms with Crippen LogP contribution in [0.2, 0.25) is 0 Å². The van der Waals surface area contributed by atoms with Crippen molar-refractivity contribution >= 4 is 170 Å². The Morgan fingerprint density at radius 3 is 1.57 bits per heavy atom. The highest BCUT2D eigenvalue weighted by Gasteiger charge is 2.25. The molecule has 0 fully saturated rings. The van der Waals surface area contributed by atoms with Crippen LogP contribution in [0.3, 0.4) is 0 Å². The molecule has 60 heavy (non-hydrogen) atoms. The number of rotatable bonds is 5. The average Bonchev–Trinajstić information content (AvgIpc) is 4.02. The van der Waals surface area contributed by atoms with E-state index < -0.39 is 0 Å². The van der Waals surface area contributed by atoms with Crippen LogP contribution in [0.25, 0.3) is 98.7 Å². The van der Waals surface area contributed by atoms with E-state index in [0.717, 1.165) is 81.9 Å². The maximum atomic E-state index is 7.09. The van der Waals surface area contributed by atoms with Crippen molar-refractivity contribution in [3.05, 3.63) is 143 Å². The first-order valence-corrected chi connectivity index (χ1v) is 19.3. The lowest BCUT2D eigenvalue weighted by Crippen LogP contribution is -2.47. The highest BCUT2D eigenvalue weighted by molar-refractivity contribution is 6.61. The van der Waals surface area contributed by atoms with Crippen LogP contribution in [0.1, 0.15) is 5.56 Å². The number of para-hydroxylation sites is 4. The van der Waals surface area contributed by atoms with Gasteiger partial charge in [0.2, 0.25) is 0 Å². The van der Waals surface area contributed by atoms with Gasteiger partial charge in [0.05, 0.1) is 16.6 Å². The SMILES string of the molecule is [B]/C(Cn1c2ccccc2c2ccc3c4ccccc4oc3c21)=C([B])/C(=C(/[B])C#C)c1c([B])c([B])c(-n2c3ccccc3c3ccc4c5ccccc5oc4c32)c([B])c1[B]. The minimum absolute atomic E-state index is 0.0526. The minimum Gasteiger partial charge on any atom is -0.454 e. The van der Waals surface area contributed by atoms with Gasteiger partial charge in [0.1, 0.15) is 66.1 Å². The van der Waals surface area contributed by atoms with E-state index in [9.17, 15) is 0 Å². The maximum absolute atomic E-state index is 7.09. The highest BCUT2D eigenvalue weighted by atomic mass is 16.3. The van der Waals surface area contributed by atoms with Crippen LogP contribution in [0.4, 0.5) is 0 Å². The van der Waals surface area contributed by atoms with Crippen molar-refractivity contribution in [3.63, 3.8) is 0 Å². The van der Waals surface area contributed by atoms with Gasteiger partial charge in [-0.25, -0.2) is 0 Å². The van der Waals surface area contributed by atoms with Crippen molar-refractivity contribution in [2.24, 2.45) is 0 Å². The number of benzene rings is 7. The van der Waals surface area contributed by atoms with Crippen molar-refractivity contribution in [2.45, 2.75) is 6.54 Å². The van der Waals surface area contributed by atoms with Crippen molar-refractivity contribution in [1.29, 1.82) is 0 Å². The average molecular weight is 747 g/mol. The van der Waals surface area contributed by atoms with E-state index in [1.807, 2.05) is 95.6 Å². The number of hydrogen-bond donors (Lipinski definition) is 0. The summed E-state index contributed by atoms with van der Waals surface area (Å²) in [5.74, 6) is 2.53. The molecule has 11 rings (SSSR count). The number of fused-ring (bicyclic) bond motifs is 14. The molecule has 4 aromatic heterocycles. The smallest absolute Gasteiger partial charge is 0.160 e. The first-order chi connectivity index (χ1) is 29.2. The van der Waals surface area contributed by atoms with Crippen LogP contribution in [0.15, 0.2) is 147 Å². The van der Waals surface area contributed by atoms with E-state index in [2.05, 4.69) is 40.8 Å². The van der Waals surface area contributed by atoms with Crippen LogP contribution in [0.5, 0.6) is 0 Å². The molecule has 0 saturated heterocycles. The summed E-state index contributed by atoms with van der Waals surface area (Å²) >= 11 is 0. The molecule has 0 unspecified atom stereocenters. The summed E-state index contributed by atoms with van der Waals surface area (Å²) in [5, 5.41) is 7.80. The van der Waals surface area contributed by atoms with Gasteiger partial charge in [-0.3, -0.25) is 0 Å². The Morgan fingerprint density at radius 2 is 0.983 bits per heavy atom. The van der Waals surface area contributed by atoms with E-state index in [1.165, 1.54) is 0 Å². The lowest BCUT2D eigenvalue weighted by atomic mass is 9.60. The third-order valence-corrected chi connectivity index (χ3v) is 11.9. The van der Waals surface area contributed by atoms with Gasteiger partial charge in [0, 0.05) is 60.8 Å². The van der Waals surface area contributed by atoms with Gasteiger partial charge in [-0.1, -0.05) is 118 Å². The first-order valence-electron chi connectivity index (χ1n) is 19.3. The number of hydrogen-bond acceptors (Lipinski definition) is 2. The molecule has 0 spiro atoms. The van der Waals surface area contributed by atoms with E-state index >= 15 is 0 Å². The fraction of sp³-hybridized carbons (Fsp3) is 0.0204. The topological polar surface area (TPSA) is 36.1 Å². The molecule has 0 aliphatic heterocycles. The zero-order valence-electron chi connectivity index (χ0n) is 32.1. The van der Waals surface area contributed by atoms with Crippen molar-refractivity contribution in [1.82, 2.24) is 9.13 Å². The number of allylic oxidation sites excluding steroid dienone is 4. The molecule has 0 aliphatic carbocycles. The van der Waals surface area contributed by atoms with Crippen molar-refractivity contribution < 1.29 is 8.83 Å². The largest absolute Gasteiger partial charge is 0.454 e. The Kier molecular flexibility index (Phi) is 8.10. The Bertz CT molecular complexity index is 3770. The van der Waals surface area contributed by atoms with Gasteiger partial charge >= 0.3 is 0 Å². The molecular formula is C49H23B7N2O2. The second kappa shape index (κ2) is 13.4. The number of terminal acetylenes is 1. The van der Waals surface area contributed by atoms with Crippen LogP contribution < -0.4 is 21.9 Å². The quantitative estimate of drug-likeness (QED) is 0.113. The molecule has 14 radical (unpaired) electrons. The molecule has 0 aliphatic rings. The van der Waals surface area contributed by atoms with Crippen LogP contribution in [-0.2, 0) is 6.54 Å². The second-order valence-electron chi connectivity index (χ2n) is 15.1. The van der Waals surface area contributed by atoms with Gasteiger partial charge in [0.15, 0.2) is 11.2 Å². The molecule has 11 aromatic rings. The number of aromatic nitrogens is 2. The Hall–Kier alpha value is -6.77. The molecule has 4 heterocycles. The van der Waals surface area contributed by atoms with Crippen LogP contribution in [0, 0.1) is 12.3 Å². The first kappa shape index (κ1) is 36.3. The summed E-state index contributed by atoms with van der Waals surface area (Å²) in [7, 11) is 48.9. The normalized spacial score (nSPS) is 13.1. The van der Waals surface area contributed by atoms with Crippen molar-refractivity contribution in [3.8, 4) is 18.0 Å². The summed E-state index contributed by atoms with van der Waals surface area (Å²) in [6.45, 7) is 0.130. The van der Waals surface area contributed by atoms with E-state index in [4.69, 9.17) is 70.2 Å². The Labute approximate surface area is 354 Å². The number of furan rings is 2. The molecule has 0 atom stereocenters. The third-order valence-electron chi connectivity index (χ3n) is 11.9. The van der Waals surface area contributed by atoms with E-state index in [1.54, 1.807) is 0 Å². The standard InChI is InChI=1S/C49H23B7N2O2/c1-2-32(50)38(40(52)33(51)23-57-34-15-7-3-11-24(34)28-19-21-30-26-13-5-9-17-36(26)59-48(30)45(28)57)39-41(53)43(55)47(44(56)42(39)54)58-35-16-8-4-12-25(35)29-20-22-31-27-14-6-10-18-37(27)60-49(31)46(29)58/h1,3-22H,23H2/b38-32+,40-33-. The van der Waals surface area contributed by atoms with Crippen LogP contribution in [-0.4, -0.2) is 64.1 Å². The summed E-state index contributed by atoms with van der Waals surface area (Å²) in [4.78, 5) is 0. The zero-order valence-corrected chi connectivity index (χ0v) is 32.1. The molecular weight excluding hydrogens is 724 g/mol. The summed E-state index contributed by atoms with van der Waals surface area (Å²) < 4.78 is 17.1. The maximum Gasteiger partial charge on any atom is 0.160 e. The molecule has 0 bridgehead atoms. The zero-order chi connectivity index (χ0) is 41.1. The third kappa shape index (κ3) is 4.97. The molecule has 262 valence electrons. The van der Waals surface area contributed by atoms with Gasteiger partial charge in [0.25, 0.3) is 0 Å². The lowest BCUT2D eigenvalue weighted by molar-refractivity contribution is 0.669. The van der Waals surface area contributed by atoms with Gasteiger partial charge in [-0.2, -0.15) is 0 Å². The molecule has 7 aromatic carbocycles. The van der Waals surface area contributed by atoms with Gasteiger partial charge < -0.3 is 18.0 Å². The van der Waals surface area contributed by atoms with Crippen molar-refractivity contribution in [2.75, 3.05) is 0 Å². The predicted molar refractivity (Wildman–Crippen MR) is 256 cm³/mol. The molecule has 0 N–H and O–H groups in total. The van der Waals surface area contributed by atoms with Gasteiger partial charge in [-0.15, -0.1) is 11.9 Å². The number of nitrogens with zero attached hydrogens (tertiary/aromatic N) is 2. The Morgan fingerprint density at radius 1 is 0.517 bits per heavy atom. The summed E-state index contributed by atoms with van der Waals surface area (Å²) in [6, 6.07) is 40.2. The van der Waals surface area contributed by atoms with Gasteiger partial charge in [-0.05, 0) is 53.0 Å². The molecule has 4 nitrogen and oxygen atoms in total. The summed E-state index contributed by atoms with van der Waals surface area (Å²) in [6.07, 6.45) is 6.00. The fourth-order valence-electron chi connectivity index (χ4n) is 9.17. The summed E-state index contributed by atoms with van der Waals surface area (Å²) in [5.41, 5.74) is 7.64. The predicted octanol–water partition coefficient (Wildman–Crippen LogP) is 6.63. The lowest BCUT2D eigenvalue weighted by Gasteiger charge is -2.28. The fourth-order valence-corrected chi connectivity index (χ4v) is 9.17. The second-order valence-corrected chi connectivity index (χ2v) is 15.1. The molecule has 0 saturated carbocycles.